The van der Waals surface area contributed by atoms with Gasteiger partial charge in [0.25, 0.3) is 0 Å². The van der Waals surface area contributed by atoms with Crippen LogP contribution >= 0.6 is 0 Å². The molecule has 0 saturated carbocycles. The Kier molecular flexibility index (Phi) is 3.11. The molecule has 2 aliphatic heterocycles. The number of ether oxygens (including phenoxy) is 3. The minimum atomic E-state index is -0.668. The smallest absolute Gasteiger partial charge is 0.413 e. The summed E-state index contributed by atoms with van der Waals surface area (Å²) in [6.07, 6.45) is 0.754. The standard InChI is InChI=1S/C11H17NO5/c1-11(2)16-8-4-7(6-13)12(10(14)15-3)5-9(8)17-11/h4,8-9,13H,5-6H2,1-3H3/t8-,9+/m0/s1. The summed E-state index contributed by atoms with van der Waals surface area (Å²) < 4.78 is 16.0. The maximum atomic E-state index is 11.5. The lowest BCUT2D eigenvalue weighted by Crippen LogP contribution is -2.45. The Hall–Kier alpha value is -1.11. The lowest BCUT2D eigenvalue weighted by atomic mass is 10.1. The Morgan fingerprint density at radius 2 is 2.35 bits per heavy atom. The topological polar surface area (TPSA) is 68.2 Å². The van der Waals surface area contributed by atoms with Crippen LogP contribution in [-0.4, -0.2) is 54.4 Å². The van der Waals surface area contributed by atoms with Crippen LogP contribution in [0.5, 0.6) is 0 Å². The number of carbonyl (C=O) groups excluding carboxylic acids is 1. The molecule has 1 saturated heterocycles. The third-order valence-electron chi connectivity index (χ3n) is 2.84. The average molecular weight is 243 g/mol. The Morgan fingerprint density at radius 3 is 2.94 bits per heavy atom. The number of carbonyl (C=O) groups is 1. The molecule has 0 aromatic heterocycles. The molecule has 96 valence electrons. The molecule has 0 radical (unpaired) electrons. The first-order chi connectivity index (χ1) is 7.96. The summed E-state index contributed by atoms with van der Waals surface area (Å²) in [5, 5.41) is 9.24. The highest BCUT2D eigenvalue weighted by Gasteiger charge is 2.44. The highest BCUT2D eigenvalue weighted by molar-refractivity contribution is 5.70. The third kappa shape index (κ3) is 2.29. The Labute approximate surface area is 99.7 Å². The van der Waals surface area contributed by atoms with Crippen LogP contribution in [0.2, 0.25) is 0 Å². The van der Waals surface area contributed by atoms with Crippen LogP contribution in [0.3, 0.4) is 0 Å². The number of aliphatic hydroxyl groups is 1. The molecule has 1 N–H and O–H groups in total. The van der Waals surface area contributed by atoms with Crippen molar-refractivity contribution in [3.05, 3.63) is 11.8 Å². The minimum Gasteiger partial charge on any atom is -0.452 e. The van der Waals surface area contributed by atoms with Gasteiger partial charge >= 0.3 is 6.09 Å². The van der Waals surface area contributed by atoms with Crippen molar-refractivity contribution in [3.8, 4) is 0 Å². The minimum absolute atomic E-state index is 0.223. The third-order valence-corrected chi connectivity index (χ3v) is 2.84. The maximum absolute atomic E-state index is 11.5. The number of aliphatic hydroxyl groups excluding tert-OH is 1. The zero-order valence-corrected chi connectivity index (χ0v) is 10.2. The molecule has 0 spiro atoms. The second-order valence-corrected chi connectivity index (χ2v) is 4.54. The fourth-order valence-electron chi connectivity index (χ4n) is 2.16. The molecule has 0 bridgehead atoms. The largest absolute Gasteiger partial charge is 0.452 e. The van der Waals surface area contributed by atoms with Crippen LogP contribution < -0.4 is 0 Å². The van der Waals surface area contributed by atoms with Crippen molar-refractivity contribution in [2.45, 2.75) is 31.8 Å². The first kappa shape index (κ1) is 12.3. The maximum Gasteiger partial charge on any atom is 0.413 e. The predicted octanol–water partition coefficient (Wildman–Crippen LogP) is 0.465. The highest BCUT2D eigenvalue weighted by Crippen LogP contribution is 2.33. The van der Waals surface area contributed by atoms with E-state index in [1.165, 1.54) is 12.0 Å². The van der Waals surface area contributed by atoms with Gasteiger partial charge in [-0.05, 0) is 19.9 Å². The van der Waals surface area contributed by atoms with Crippen molar-refractivity contribution >= 4 is 6.09 Å². The summed E-state index contributed by atoms with van der Waals surface area (Å²) in [6.45, 7) is 3.73. The van der Waals surface area contributed by atoms with Crippen LogP contribution in [0.4, 0.5) is 4.79 Å². The van der Waals surface area contributed by atoms with Crippen molar-refractivity contribution < 1.29 is 24.1 Å². The SMILES string of the molecule is COC(=O)N1C[C@H]2OC(C)(C)O[C@H]2C=C1CO. The molecule has 2 heterocycles. The van der Waals surface area contributed by atoms with Gasteiger partial charge < -0.3 is 19.3 Å². The van der Waals surface area contributed by atoms with E-state index in [0.717, 1.165) is 0 Å². The van der Waals surface area contributed by atoms with Crippen molar-refractivity contribution in [1.29, 1.82) is 0 Å². The lowest BCUT2D eigenvalue weighted by molar-refractivity contribution is -0.142. The van der Waals surface area contributed by atoms with Crippen LogP contribution in [0.1, 0.15) is 13.8 Å². The first-order valence-electron chi connectivity index (χ1n) is 5.49. The number of rotatable bonds is 1. The van der Waals surface area contributed by atoms with E-state index in [-0.39, 0.29) is 18.8 Å². The van der Waals surface area contributed by atoms with E-state index in [1.54, 1.807) is 6.08 Å². The fraction of sp³-hybridized carbons (Fsp3) is 0.727. The van der Waals surface area contributed by atoms with Gasteiger partial charge in [0.05, 0.1) is 20.3 Å². The zero-order chi connectivity index (χ0) is 12.6. The molecule has 17 heavy (non-hydrogen) atoms. The Bertz CT molecular complexity index is 352. The van der Waals surface area contributed by atoms with Crippen LogP contribution in [-0.2, 0) is 14.2 Å². The predicted molar refractivity (Wildman–Crippen MR) is 58.1 cm³/mol. The molecule has 1 fully saturated rings. The van der Waals surface area contributed by atoms with Crippen molar-refractivity contribution in [1.82, 2.24) is 4.90 Å². The Balaban J connectivity index is 2.20. The van der Waals surface area contributed by atoms with Gasteiger partial charge in [-0.25, -0.2) is 4.79 Å². The molecule has 2 aliphatic rings. The zero-order valence-electron chi connectivity index (χ0n) is 10.2. The van der Waals surface area contributed by atoms with Crippen molar-refractivity contribution in [2.75, 3.05) is 20.3 Å². The number of nitrogens with zero attached hydrogens (tertiary/aromatic N) is 1. The summed E-state index contributed by atoms with van der Waals surface area (Å²) in [5.74, 6) is -0.668. The molecule has 2 rings (SSSR count). The number of hydrogen-bond acceptors (Lipinski definition) is 5. The molecular formula is C11H17NO5. The van der Waals surface area contributed by atoms with Gasteiger partial charge in [-0.2, -0.15) is 0 Å². The van der Waals surface area contributed by atoms with Crippen LogP contribution in [0.25, 0.3) is 0 Å². The summed E-state index contributed by atoms with van der Waals surface area (Å²) in [7, 11) is 1.30. The van der Waals surface area contributed by atoms with Gasteiger partial charge in [-0.15, -0.1) is 0 Å². The van der Waals surface area contributed by atoms with Gasteiger partial charge in [0, 0.05) is 5.70 Å². The van der Waals surface area contributed by atoms with Gasteiger partial charge in [0.15, 0.2) is 5.79 Å². The first-order valence-corrected chi connectivity index (χ1v) is 5.49. The van der Waals surface area contributed by atoms with Crippen LogP contribution in [0, 0.1) is 0 Å². The number of amides is 1. The Morgan fingerprint density at radius 1 is 1.65 bits per heavy atom. The normalized spacial score (nSPS) is 30.8. The second kappa shape index (κ2) is 4.29. The van der Waals surface area contributed by atoms with Crippen molar-refractivity contribution in [2.24, 2.45) is 0 Å². The molecule has 1 amide bonds. The molecule has 0 aliphatic carbocycles. The van der Waals surface area contributed by atoms with Crippen LogP contribution in [0.15, 0.2) is 11.8 Å². The number of methoxy groups -OCH3 is 1. The number of fused-ring (bicyclic) bond motifs is 1. The molecule has 0 aromatic rings. The molecule has 6 nitrogen and oxygen atoms in total. The summed E-state index contributed by atoms with van der Waals surface area (Å²) in [6, 6.07) is 0. The van der Waals surface area contributed by atoms with Gasteiger partial charge in [-0.1, -0.05) is 0 Å². The molecular weight excluding hydrogens is 226 g/mol. The quantitative estimate of drug-likeness (QED) is 0.724. The van der Waals surface area contributed by atoms with Gasteiger partial charge in [0.2, 0.25) is 0 Å². The number of hydrogen-bond donors (Lipinski definition) is 1. The molecule has 2 atom stereocenters. The monoisotopic (exact) mass is 243 g/mol. The summed E-state index contributed by atoms with van der Waals surface area (Å²) in [5.41, 5.74) is 0.486. The van der Waals surface area contributed by atoms with E-state index >= 15 is 0 Å². The average Bonchev–Trinajstić information content (AvgIpc) is 2.59. The molecule has 0 aromatic carbocycles. The van der Waals surface area contributed by atoms with E-state index in [2.05, 4.69) is 4.74 Å². The molecule has 0 unspecified atom stereocenters. The van der Waals surface area contributed by atoms with E-state index < -0.39 is 11.9 Å². The van der Waals surface area contributed by atoms with E-state index in [0.29, 0.717) is 12.2 Å². The highest BCUT2D eigenvalue weighted by atomic mass is 16.8. The lowest BCUT2D eigenvalue weighted by Gasteiger charge is -2.31. The fourth-order valence-corrected chi connectivity index (χ4v) is 2.16. The van der Waals surface area contributed by atoms with Crippen molar-refractivity contribution in [3.63, 3.8) is 0 Å². The summed E-state index contributed by atoms with van der Waals surface area (Å²) >= 11 is 0. The van der Waals surface area contributed by atoms with E-state index in [4.69, 9.17) is 9.47 Å². The van der Waals surface area contributed by atoms with Gasteiger partial charge in [-0.3, -0.25) is 4.90 Å². The van der Waals surface area contributed by atoms with E-state index in [9.17, 15) is 9.90 Å². The second-order valence-electron chi connectivity index (χ2n) is 4.54. The summed E-state index contributed by atoms with van der Waals surface area (Å²) in [4.78, 5) is 12.9. The van der Waals surface area contributed by atoms with E-state index in [1.807, 2.05) is 13.8 Å². The van der Waals surface area contributed by atoms with Gasteiger partial charge in [0.1, 0.15) is 12.2 Å². The molecule has 6 heteroatoms.